The van der Waals surface area contributed by atoms with E-state index in [1.807, 2.05) is 25.3 Å². The minimum atomic E-state index is -1.00. The van der Waals surface area contributed by atoms with Crippen molar-refractivity contribution in [2.45, 2.75) is 57.8 Å². The van der Waals surface area contributed by atoms with Gasteiger partial charge < -0.3 is 15.4 Å². The zero-order valence-corrected chi connectivity index (χ0v) is 21.4. The molecular weight excluding hydrogens is 516 g/mol. The van der Waals surface area contributed by atoms with Crippen molar-refractivity contribution in [3.63, 3.8) is 0 Å². The van der Waals surface area contributed by atoms with Crippen LogP contribution in [0.15, 0.2) is 22.5 Å². The van der Waals surface area contributed by atoms with Crippen molar-refractivity contribution in [2.24, 2.45) is 10.9 Å². The third-order valence-electron chi connectivity index (χ3n) is 5.02. The zero-order valence-electron chi connectivity index (χ0n) is 18.2. The SMILES string of the molecule is CC(C)[C@@H]1NC(=O)[C@]2(C)CSC(=N2)c2csc(n2)CNC(=O)C[C@@H](/C=C/CCBr)OC1=O. The minimum Gasteiger partial charge on any atom is -0.456 e. The van der Waals surface area contributed by atoms with Crippen LogP contribution in [0.4, 0.5) is 0 Å². The third kappa shape index (κ3) is 6.20. The normalized spacial score (nSPS) is 27.3. The highest BCUT2D eigenvalue weighted by atomic mass is 79.9. The number of thiazole rings is 1. The number of fused-ring (bicyclic) bond motifs is 4. The summed E-state index contributed by atoms with van der Waals surface area (Å²) in [4.78, 5) is 47.8. The fourth-order valence-electron chi connectivity index (χ4n) is 3.14. The van der Waals surface area contributed by atoms with E-state index in [-0.39, 0.29) is 30.7 Å². The summed E-state index contributed by atoms with van der Waals surface area (Å²) < 4.78 is 5.66. The number of ether oxygens (including phenoxy) is 1. The lowest BCUT2D eigenvalue weighted by Gasteiger charge is -2.27. The molecule has 0 fully saturated rings. The van der Waals surface area contributed by atoms with Crippen LogP contribution in [0.2, 0.25) is 0 Å². The molecular formula is C21H27BrN4O4S2. The lowest BCUT2D eigenvalue weighted by Crippen LogP contribution is -2.53. The molecule has 0 spiro atoms. The fourth-order valence-corrected chi connectivity index (χ4v) is 5.33. The maximum absolute atomic E-state index is 13.1. The topological polar surface area (TPSA) is 110 Å². The molecule has 174 valence electrons. The number of allylic oxidation sites excluding steroid dienone is 1. The quantitative estimate of drug-likeness (QED) is 0.344. The second kappa shape index (κ2) is 10.9. The lowest BCUT2D eigenvalue weighted by molar-refractivity contribution is -0.153. The Morgan fingerprint density at radius 2 is 2.16 bits per heavy atom. The van der Waals surface area contributed by atoms with Crippen molar-refractivity contribution in [3.8, 4) is 0 Å². The standard InChI is InChI=1S/C21H27BrN4O4S2/c1-12(2)17-19(28)30-13(6-4-5-7-22)8-15(27)23-9-16-24-14(10-31-16)18-26-21(3,11-32-18)20(29)25-17/h4,6,10,12-13,17H,5,7-9,11H2,1-3H3,(H,23,27)(H,25,29)/b6-4+/t13-,17+,21+/m1/s1. The average Bonchev–Trinajstić information content (AvgIpc) is 3.37. The largest absolute Gasteiger partial charge is 0.456 e. The van der Waals surface area contributed by atoms with Crippen LogP contribution in [0.25, 0.3) is 0 Å². The molecule has 1 aromatic heterocycles. The monoisotopic (exact) mass is 542 g/mol. The van der Waals surface area contributed by atoms with Crippen LogP contribution in [-0.4, -0.2) is 56.6 Å². The molecule has 3 heterocycles. The second-order valence-corrected chi connectivity index (χ2v) is 10.9. The number of hydrogen-bond acceptors (Lipinski definition) is 8. The number of esters is 1. The number of rotatable bonds is 4. The number of amides is 2. The van der Waals surface area contributed by atoms with Crippen LogP contribution in [0, 0.1) is 5.92 Å². The average molecular weight is 544 g/mol. The van der Waals surface area contributed by atoms with Crippen molar-refractivity contribution in [3.05, 3.63) is 28.2 Å². The predicted molar refractivity (Wildman–Crippen MR) is 130 cm³/mol. The first-order chi connectivity index (χ1) is 15.2. The van der Waals surface area contributed by atoms with Crippen molar-refractivity contribution >= 4 is 61.9 Å². The minimum absolute atomic E-state index is 0.0121. The van der Waals surface area contributed by atoms with Crippen molar-refractivity contribution in [2.75, 3.05) is 11.1 Å². The van der Waals surface area contributed by atoms with Gasteiger partial charge in [-0.25, -0.2) is 9.78 Å². The third-order valence-corrected chi connectivity index (χ3v) is 7.61. The van der Waals surface area contributed by atoms with Gasteiger partial charge in [0, 0.05) is 16.5 Å². The molecule has 11 heteroatoms. The predicted octanol–water partition coefficient (Wildman–Crippen LogP) is 2.81. The van der Waals surface area contributed by atoms with Gasteiger partial charge in [0.15, 0.2) is 0 Å². The Hall–Kier alpha value is -1.72. The van der Waals surface area contributed by atoms with E-state index in [4.69, 9.17) is 4.74 Å². The first kappa shape index (κ1) is 24.9. The molecule has 3 rings (SSSR count). The van der Waals surface area contributed by atoms with E-state index in [9.17, 15) is 14.4 Å². The summed E-state index contributed by atoms with van der Waals surface area (Å²) in [7, 11) is 0. The summed E-state index contributed by atoms with van der Waals surface area (Å²) in [6, 6.07) is -0.850. The number of nitrogens with one attached hydrogen (secondary N) is 2. The number of carbonyl (C=O) groups is 3. The molecule has 8 nitrogen and oxygen atoms in total. The Morgan fingerprint density at radius 3 is 2.88 bits per heavy atom. The van der Waals surface area contributed by atoms with Gasteiger partial charge in [-0.1, -0.05) is 35.9 Å². The number of alkyl halides is 1. The first-order valence-electron chi connectivity index (χ1n) is 10.4. The van der Waals surface area contributed by atoms with Gasteiger partial charge in [-0.15, -0.1) is 23.1 Å². The van der Waals surface area contributed by atoms with E-state index in [0.29, 0.717) is 16.5 Å². The molecule has 3 atom stereocenters. The number of carbonyl (C=O) groups excluding carboxylic acids is 3. The van der Waals surface area contributed by atoms with Gasteiger partial charge >= 0.3 is 5.97 Å². The summed E-state index contributed by atoms with van der Waals surface area (Å²) in [5.74, 6) is -0.894. The Labute approximate surface area is 204 Å². The number of nitrogens with zero attached hydrogens (tertiary/aromatic N) is 2. The second-order valence-electron chi connectivity index (χ2n) is 8.16. The molecule has 32 heavy (non-hydrogen) atoms. The molecule has 4 bridgehead atoms. The molecule has 2 aliphatic heterocycles. The van der Waals surface area contributed by atoms with E-state index < -0.39 is 23.7 Å². The molecule has 0 saturated heterocycles. The maximum Gasteiger partial charge on any atom is 0.329 e. The van der Waals surface area contributed by atoms with E-state index in [0.717, 1.165) is 16.8 Å². The van der Waals surface area contributed by atoms with Crippen LogP contribution >= 0.6 is 39.0 Å². The van der Waals surface area contributed by atoms with Gasteiger partial charge in [0.1, 0.15) is 33.4 Å². The molecule has 0 aliphatic carbocycles. The summed E-state index contributed by atoms with van der Waals surface area (Å²) >= 11 is 6.24. The van der Waals surface area contributed by atoms with Crippen molar-refractivity contribution < 1.29 is 19.1 Å². The number of cyclic esters (lactones) is 1. The van der Waals surface area contributed by atoms with Gasteiger partial charge in [0.2, 0.25) is 11.8 Å². The fraction of sp³-hybridized carbons (Fsp3) is 0.571. The molecule has 0 radical (unpaired) electrons. The summed E-state index contributed by atoms with van der Waals surface area (Å²) in [6.45, 7) is 5.71. The molecule has 2 N–H and O–H groups in total. The lowest BCUT2D eigenvalue weighted by atomic mass is 10.0. The summed E-state index contributed by atoms with van der Waals surface area (Å²) in [5.41, 5.74) is -0.305. The van der Waals surface area contributed by atoms with E-state index in [2.05, 4.69) is 36.5 Å². The van der Waals surface area contributed by atoms with Crippen LogP contribution in [0.5, 0.6) is 0 Å². The van der Waals surface area contributed by atoms with Crippen molar-refractivity contribution in [1.29, 1.82) is 0 Å². The van der Waals surface area contributed by atoms with Gasteiger partial charge in [-0.3, -0.25) is 14.6 Å². The van der Waals surface area contributed by atoms with Crippen LogP contribution in [-0.2, 0) is 25.7 Å². The smallest absolute Gasteiger partial charge is 0.329 e. The molecule has 2 aliphatic rings. The Kier molecular flexibility index (Phi) is 8.51. The summed E-state index contributed by atoms with van der Waals surface area (Å²) in [5, 5.41) is 9.74. The molecule has 2 amide bonds. The van der Waals surface area contributed by atoms with Crippen molar-refractivity contribution in [1.82, 2.24) is 15.6 Å². The van der Waals surface area contributed by atoms with Crippen LogP contribution in [0.3, 0.4) is 0 Å². The number of thioether (sulfide) groups is 1. The highest BCUT2D eigenvalue weighted by Crippen LogP contribution is 2.32. The summed E-state index contributed by atoms with van der Waals surface area (Å²) in [6.07, 6.45) is 3.57. The number of aromatic nitrogens is 1. The van der Waals surface area contributed by atoms with Gasteiger partial charge in [0.25, 0.3) is 0 Å². The number of halogens is 1. The zero-order chi connectivity index (χ0) is 23.3. The molecule has 1 aromatic rings. The van der Waals surface area contributed by atoms with E-state index in [1.165, 1.54) is 23.1 Å². The Morgan fingerprint density at radius 1 is 1.38 bits per heavy atom. The van der Waals surface area contributed by atoms with Gasteiger partial charge in [-0.2, -0.15) is 0 Å². The number of hydrogen-bond donors (Lipinski definition) is 2. The molecule has 0 saturated carbocycles. The Balaban J connectivity index is 1.92. The highest BCUT2D eigenvalue weighted by Gasteiger charge is 2.41. The highest BCUT2D eigenvalue weighted by molar-refractivity contribution is 9.09. The first-order valence-corrected chi connectivity index (χ1v) is 13.4. The Bertz CT molecular complexity index is 933. The van der Waals surface area contributed by atoms with Crippen LogP contribution < -0.4 is 10.6 Å². The van der Waals surface area contributed by atoms with E-state index in [1.54, 1.807) is 13.0 Å². The van der Waals surface area contributed by atoms with Gasteiger partial charge in [0.05, 0.1) is 13.0 Å². The van der Waals surface area contributed by atoms with Gasteiger partial charge in [-0.05, 0) is 25.3 Å². The maximum atomic E-state index is 13.1. The van der Waals surface area contributed by atoms with E-state index >= 15 is 0 Å². The molecule has 0 aromatic carbocycles. The molecule has 0 unspecified atom stereocenters. The number of aliphatic imine (C=N–C) groups is 1. The van der Waals surface area contributed by atoms with Crippen LogP contribution in [0.1, 0.15) is 44.3 Å².